The summed E-state index contributed by atoms with van der Waals surface area (Å²) in [5.74, 6) is 0.862. The predicted octanol–water partition coefficient (Wildman–Crippen LogP) is 2.44. The molecule has 19 heavy (non-hydrogen) atoms. The van der Waals surface area contributed by atoms with E-state index in [1.54, 1.807) is 7.11 Å². The fourth-order valence-electron chi connectivity index (χ4n) is 2.61. The molecule has 1 aliphatic rings. The summed E-state index contributed by atoms with van der Waals surface area (Å²) in [6.07, 6.45) is 3.70. The lowest BCUT2D eigenvalue weighted by Gasteiger charge is -2.31. The fourth-order valence-corrected chi connectivity index (χ4v) is 2.61. The Morgan fingerprint density at radius 3 is 2.53 bits per heavy atom. The third-order valence-electron chi connectivity index (χ3n) is 4.03. The van der Waals surface area contributed by atoms with Crippen LogP contribution in [0.2, 0.25) is 0 Å². The van der Waals surface area contributed by atoms with Gasteiger partial charge in [0.15, 0.2) is 0 Å². The summed E-state index contributed by atoms with van der Waals surface area (Å²) in [6.45, 7) is 4.79. The number of hydrogen-bond acceptors (Lipinski definition) is 3. The Kier molecular flexibility index (Phi) is 5.23. The van der Waals surface area contributed by atoms with Gasteiger partial charge in [0.25, 0.3) is 0 Å². The van der Waals surface area contributed by atoms with Crippen LogP contribution in [0.1, 0.15) is 25.3 Å². The Hall–Kier alpha value is -1.06. The van der Waals surface area contributed by atoms with Crippen molar-refractivity contribution in [2.75, 3.05) is 31.7 Å². The Morgan fingerprint density at radius 2 is 2.00 bits per heavy atom. The van der Waals surface area contributed by atoms with Crippen molar-refractivity contribution >= 4 is 5.69 Å². The smallest absolute Gasteiger partial charge is 0.0637 e. The summed E-state index contributed by atoms with van der Waals surface area (Å²) in [6, 6.07) is 9.44. The first kappa shape index (κ1) is 14.4. The first-order valence-corrected chi connectivity index (χ1v) is 7.31. The van der Waals surface area contributed by atoms with E-state index >= 15 is 0 Å². The van der Waals surface area contributed by atoms with Crippen molar-refractivity contribution in [2.24, 2.45) is 11.7 Å². The van der Waals surface area contributed by atoms with Gasteiger partial charge in [-0.2, -0.15) is 0 Å². The maximum absolute atomic E-state index is 5.59. The van der Waals surface area contributed by atoms with Crippen molar-refractivity contribution in [1.29, 1.82) is 0 Å². The van der Waals surface area contributed by atoms with Gasteiger partial charge in [-0.05, 0) is 56.3 Å². The molecule has 1 aromatic rings. The highest BCUT2D eigenvalue weighted by Gasteiger charge is 2.31. The van der Waals surface area contributed by atoms with Crippen LogP contribution < -0.4 is 10.6 Å². The Labute approximate surface area is 116 Å². The second-order valence-corrected chi connectivity index (χ2v) is 5.47. The lowest BCUT2D eigenvalue weighted by molar-refractivity contribution is 0.202. The summed E-state index contributed by atoms with van der Waals surface area (Å²) >= 11 is 0. The number of rotatable bonds is 8. The lowest BCUT2D eigenvalue weighted by atomic mass is 10.1. The van der Waals surface area contributed by atoms with E-state index in [0.717, 1.165) is 25.5 Å². The van der Waals surface area contributed by atoms with Crippen LogP contribution in [0.5, 0.6) is 0 Å². The first-order valence-electron chi connectivity index (χ1n) is 7.31. The van der Waals surface area contributed by atoms with Crippen molar-refractivity contribution in [3.05, 3.63) is 29.8 Å². The number of hydrogen-bond donors (Lipinski definition) is 1. The molecule has 1 unspecified atom stereocenters. The molecule has 0 radical (unpaired) electrons. The Morgan fingerprint density at radius 1 is 1.32 bits per heavy atom. The summed E-state index contributed by atoms with van der Waals surface area (Å²) in [7, 11) is 1.77. The van der Waals surface area contributed by atoms with Crippen LogP contribution in [-0.2, 0) is 11.2 Å². The second-order valence-electron chi connectivity index (χ2n) is 5.47. The van der Waals surface area contributed by atoms with Crippen LogP contribution >= 0.6 is 0 Å². The van der Waals surface area contributed by atoms with Gasteiger partial charge < -0.3 is 15.4 Å². The van der Waals surface area contributed by atoms with Gasteiger partial charge in [-0.1, -0.05) is 12.1 Å². The highest BCUT2D eigenvalue weighted by Crippen LogP contribution is 2.36. The normalized spacial score (nSPS) is 16.4. The molecule has 0 aromatic heterocycles. The molecule has 0 spiro atoms. The monoisotopic (exact) mass is 262 g/mol. The minimum atomic E-state index is 0.607. The molecule has 0 heterocycles. The van der Waals surface area contributed by atoms with Crippen LogP contribution in [0.3, 0.4) is 0 Å². The molecule has 0 saturated heterocycles. The summed E-state index contributed by atoms with van der Waals surface area (Å²) in [5.41, 5.74) is 8.21. The molecule has 1 aromatic carbocycles. The molecule has 0 bridgehead atoms. The number of nitrogens with zero attached hydrogens (tertiary/aromatic N) is 1. The van der Waals surface area contributed by atoms with Gasteiger partial charge >= 0.3 is 0 Å². The van der Waals surface area contributed by atoms with E-state index in [0.29, 0.717) is 12.6 Å². The average Bonchev–Trinajstić information content (AvgIpc) is 3.25. The van der Waals surface area contributed by atoms with Gasteiger partial charge in [-0.25, -0.2) is 0 Å². The van der Waals surface area contributed by atoms with E-state index in [2.05, 4.69) is 36.1 Å². The van der Waals surface area contributed by atoms with Crippen molar-refractivity contribution in [3.8, 4) is 0 Å². The van der Waals surface area contributed by atoms with Crippen LogP contribution in [0.25, 0.3) is 0 Å². The third-order valence-corrected chi connectivity index (χ3v) is 4.03. The lowest BCUT2D eigenvalue weighted by Crippen LogP contribution is -2.37. The van der Waals surface area contributed by atoms with E-state index in [4.69, 9.17) is 10.5 Å². The zero-order chi connectivity index (χ0) is 13.7. The standard InChI is InChI=1S/C16H26N2O/c1-13(15-5-6-15)18(11-12-19-2)16-7-3-14(4-8-16)9-10-17/h3-4,7-8,13,15H,5-6,9-12,17H2,1-2H3. The van der Waals surface area contributed by atoms with Crippen molar-refractivity contribution < 1.29 is 4.74 Å². The minimum Gasteiger partial charge on any atom is -0.383 e. The first-order chi connectivity index (χ1) is 9.26. The van der Waals surface area contributed by atoms with Crippen LogP contribution in [0.4, 0.5) is 5.69 Å². The summed E-state index contributed by atoms with van der Waals surface area (Å²) in [5, 5.41) is 0. The van der Waals surface area contributed by atoms with Gasteiger partial charge in [0.05, 0.1) is 6.61 Å². The number of ether oxygens (including phenoxy) is 1. The van der Waals surface area contributed by atoms with E-state index < -0.39 is 0 Å². The number of methoxy groups -OCH3 is 1. The largest absolute Gasteiger partial charge is 0.383 e. The van der Waals surface area contributed by atoms with Gasteiger partial charge in [-0.3, -0.25) is 0 Å². The SMILES string of the molecule is COCCN(c1ccc(CCN)cc1)C(C)C1CC1. The molecule has 0 aliphatic heterocycles. The molecule has 0 amide bonds. The molecule has 1 saturated carbocycles. The van der Waals surface area contributed by atoms with Crippen LogP contribution in [0, 0.1) is 5.92 Å². The quantitative estimate of drug-likeness (QED) is 0.782. The van der Waals surface area contributed by atoms with Crippen LogP contribution in [-0.4, -0.2) is 32.8 Å². The van der Waals surface area contributed by atoms with Gasteiger partial charge in [0.1, 0.15) is 0 Å². The van der Waals surface area contributed by atoms with Crippen molar-refractivity contribution in [3.63, 3.8) is 0 Å². The maximum atomic E-state index is 5.59. The number of anilines is 1. The Balaban J connectivity index is 2.07. The van der Waals surface area contributed by atoms with Gasteiger partial charge in [0, 0.05) is 25.4 Å². The van der Waals surface area contributed by atoms with E-state index in [9.17, 15) is 0 Å². The number of benzene rings is 1. The zero-order valence-corrected chi connectivity index (χ0v) is 12.1. The molecule has 2 rings (SSSR count). The molecule has 1 aliphatic carbocycles. The van der Waals surface area contributed by atoms with E-state index in [1.165, 1.54) is 24.1 Å². The molecule has 2 N–H and O–H groups in total. The van der Waals surface area contributed by atoms with E-state index in [1.807, 2.05) is 0 Å². The van der Waals surface area contributed by atoms with Crippen molar-refractivity contribution in [1.82, 2.24) is 0 Å². The summed E-state index contributed by atoms with van der Waals surface area (Å²) < 4.78 is 5.25. The average molecular weight is 262 g/mol. The highest BCUT2D eigenvalue weighted by atomic mass is 16.5. The van der Waals surface area contributed by atoms with Gasteiger partial charge in [0.2, 0.25) is 0 Å². The van der Waals surface area contributed by atoms with Crippen LogP contribution in [0.15, 0.2) is 24.3 Å². The molecule has 1 atom stereocenters. The maximum Gasteiger partial charge on any atom is 0.0637 e. The topological polar surface area (TPSA) is 38.5 Å². The van der Waals surface area contributed by atoms with Gasteiger partial charge in [-0.15, -0.1) is 0 Å². The molecule has 106 valence electrons. The third kappa shape index (κ3) is 3.95. The number of nitrogens with two attached hydrogens (primary N) is 1. The van der Waals surface area contributed by atoms with Crippen molar-refractivity contribution in [2.45, 2.75) is 32.2 Å². The fraction of sp³-hybridized carbons (Fsp3) is 0.625. The molecule has 3 nitrogen and oxygen atoms in total. The zero-order valence-electron chi connectivity index (χ0n) is 12.1. The highest BCUT2D eigenvalue weighted by molar-refractivity contribution is 5.49. The predicted molar refractivity (Wildman–Crippen MR) is 80.6 cm³/mol. The molecular formula is C16H26N2O. The molecule has 3 heteroatoms. The van der Waals surface area contributed by atoms with E-state index in [-0.39, 0.29) is 0 Å². The second kappa shape index (κ2) is 6.92. The molecular weight excluding hydrogens is 236 g/mol. The molecule has 1 fully saturated rings. The Bertz CT molecular complexity index is 373. The summed E-state index contributed by atoms with van der Waals surface area (Å²) in [4.78, 5) is 2.48. The minimum absolute atomic E-state index is 0.607.